The van der Waals surface area contributed by atoms with Gasteiger partial charge in [-0.1, -0.05) is 17.3 Å². The van der Waals surface area contributed by atoms with Crippen LogP contribution in [0.3, 0.4) is 0 Å². The number of carbonyl (C=O) groups excluding carboxylic acids is 1. The van der Waals surface area contributed by atoms with Crippen molar-refractivity contribution in [1.82, 2.24) is 4.90 Å². The highest BCUT2D eigenvalue weighted by molar-refractivity contribution is 6.01. The third-order valence-electron chi connectivity index (χ3n) is 3.82. The van der Waals surface area contributed by atoms with Gasteiger partial charge in [-0.2, -0.15) is 0 Å². The number of oxime groups is 1. The Morgan fingerprint density at radius 3 is 3.00 bits per heavy atom. The van der Waals surface area contributed by atoms with Crippen LogP contribution < -0.4 is 0 Å². The fourth-order valence-corrected chi connectivity index (χ4v) is 2.61. The Labute approximate surface area is 119 Å². The Balaban J connectivity index is 1.99. The van der Waals surface area contributed by atoms with Gasteiger partial charge in [0.05, 0.1) is 5.57 Å². The molecule has 2 aliphatic rings. The summed E-state index contributed by atoms with van der Waals surface area (Å²) in [5.74, 6) is 0.753. The van der Waals surface area contributed by atoms with Gasteiger partial charge in [-0.25, -0.2) is 0 Å². The number of rotatable bonds is 5. The summed E-state index contributed by atoms with van der Waals surface area (Å²) in [5.41, 5.74) is 1.23. The summed E-state index contributed by atoms with van der Waals surface area (Å²) in [5, 5.41) is 12.2. The fraction of sp³-hybridized carbons (Fsp3) is 0.600. The third kappa shape index (κ3) is 2.86. The molecule has 0 aromatic rings. The van der Waals surface area contributed by atoms with Crippen molar-refractivity contribution >= 4 is 11.6 Å². The van der Waals surface area contributed by atoms with E-state index in [9.17, 15) is 4.79 Å². The van der Waals surface area contributed by atoms with Crippen molar-refractivity contribution in [2.45, 2.75) is 52.2 Å². The third-order valence-corrected chi connectivity index (χ3v) is 3.82. The van der Waals surface area contributed by atoms with Gasteiger partial charge in [-0.3, -0.25) is 9.69 Å². The van der Waals surface area contributed by atoms with Crippen LogP contribution in [0.2, 0.25) is 0 Å². The number of ether oxygens (including phenoxy) is 1. The van der Waals surface area contributed by atoms with E-state index in [1.165, 1.54) is 0 Å². The van der Waals surface area contributed by atoms with Crippen molar-refractivity contribution in [2.75, 3.05) is 6.54 Å². The normalized spacial score (nSPS) is 24.7. The molecule has 5 heteroatoms. The van der Waals surface area contributed by atoms with E-state index < -0.39 is 6.23 Å². The van der Waals surface area contributed by atoms with E-state index in [1.54, 1.807) is 4.90 Å². The lowest BCUT2D eigenvalue weighted by Gasteiger charge is -2.32. The Kier molecular flexibility index (Phi) is 4.82. The zero-order chi connectivity index (χ0) is 14.5. The average Bonchev–Trinajstić information content (AvgIpc) is 2.86. The molecule has 0 radical (unpaired) electrons. The Morgan fingerprint density at radius 2 is 2.30 bits per heavy atom. The van der Waals surface area contributed by atoms with Gasteiger partial charge < -0.3 is 9.94 Å². The van der Waals surface area contributed by atoms with Crippen LogP contribution in [-0.4, -0.2) is 34.5 Å². The number of hydrogen-bond donors (Lipinski definition) is 1. The van der Waals surface area contributed by atoms with E-state index >= 15 is 0 Å². The van der Waals surface area contributed by atoms with Crippen LogP contribution in [-0.2, 0) is 9.53 Å². The van der Waals surface area contributed by atoms with Crippen molar-refractivity contribution in [2.24, 2.45) is 5.16 Å². The summed E-state index contributed by atoms with van der Waals surface area (Å²) < 4.78 is 5.88. The molecule has 0 spiro atoms. The summed E-state index contributed by atoms with van der Waals surface area (Å²) in [6.07, 6.45) is 8.15. The summed E-state index contributed by atoms with van der Waals surface area (Å²) in [6, 6.07) is 0. The van der Waals surface area contributed by atoms with E-state index in [2.05, 4.69) is 11.2 Å². The van der Waals surface area contributed by atoms with E-state index in [-0.39, 0.29) is 5.91 Å². The van der Waals surface area contributed by atoms with Crippen molar-refractivity contribution in [3.05, 3.63) is 23.5 Å². The van der Waals surface area contributed by atoms with E-state index in [1.807, 2.05) is 19.9 Å². The molecular weight excluding hydrogens is 256 g/mol. The van der Waals surface area contributed by atoms with Crippen molar-refractivity contribution in [1.29, 1.82) is 0 Å². The predicted octanol–water partition coefficient (Wildman–Crippen LogP) is 2.82. The van der Waals surface area contributed by atoms with Crippen LogP contribution in [0.1, 0.15) is 46.0 Å². The first kappa shape index (κ1) is 14.6. The van der Waals surface area contributed by atoms with Gasteiger partial charge in [0.25, 0.3) is 5.91 Å². The number of nitrogens with zero attached hydrogens (tertiary/aromatic N) is 2. The minimum atomic E-state index is -0.498. The second kappa shape index (κ2) is 6.59. The van der Waals surface area contributed by atoms with Crippen LogP contribution in [0, 0.1) is 0 Å². The van der Waals surface area contributed by atoms with E-state index in [4.69, 9.17) is 9.94 Å². The first-order valence-corrected chi connectivity index (χ1v) is 7.18. The van der Waals surface area contributed by atoms with Crippen molar-refractivity contribution in [3.63, 3.8) is 0 Å². The molecule has 1 amide bonds. The molecule has 2 heterocycles. The van der Waals surface area contributed by atoms with Crippen molar-refractivity contribution < 1.29 is 14.7 Å². The number of unbranched alkanes of at least 4 members (excludes halogenated alkanes) is 2. The number of allylic oxidation sites excluding steroid dienone is 3. The molecule has 0 aromatic heterocycles. The van der Waals surface area contributed by atoms with Gasteiger partial charge in [-0.15, -0.1) is 0 Å². The van der Waals surface area contributed by atoms with Gasteiger partial charge >= 0.3 is 0 Å². The highest BCUT2D eigenvalue weighted by atomic mass is 16.5. The van der Waals surface area contributed by atoms with Gasteiger partial charge in [0, 0.05) is 19.4 Å². The highest BCUT2D eigenvalue weighted by Gasteiger charge is 2.41. The van der Waals surface area contributed by atoms with Gasteiger partial charge in [-0.05, 0) is 33.1 Å². The molecule has 0 saturated carbocycles. The average molecular weight is 278 g/mol. The molecule has 110 valence electrons. The van der Waals surface area contributed by atoms with E-state index in [0.29, 0.717) is 24.3 Å². The van der Waals surface area contributed by atoms with Crippen molar-refractivity contribution in [3.8, 4) is 0 Å². The lowest BCUT2D eigenvalue weighted by atomic mass is 10.1. The predicted molar refractivity (Wildman–Crippen MR) is 76.4 cm³/mol. The molecule has 1 fully saturated rings. The maximum Gasteiger partial charge on any atom is 0.256 e. The van der Waals surface area contributed by atoms with Crippen LogP contribution in [0.15, 0.2) is 28.6 Å². The summed E-state index contributed by atoms with van der Waals surface area (Å²) in [4.78, 5) is 13.9. The molecule has 1 saturated heterocycles. The number of fused-ring (bicyclic) bond motifs is 1. The minimum Gasteiger partial charge on any atom is -0.469 e. The molecule has 1 N–H and O–H groups in total. The zero-order valence-electron chi connectivity index (χ0n) is 12.1. The van der Waals surface area contributed by atoms with Crippen LogP contribution >= 0.6 is 0 Å². The standard InChI is InChI=1S/C15H22N2O3/c1-3-4-5-6-7-8-13-11(2)14(18)17-10-9-12(16-19)15(17)20-13/h3-4,15,19H,5-10H2,1-2H3/b4-3+,16-12?/t15-/m0/s1. The molecule has 0 aliphatic carbocycles. The monoisotopic (exact) mass is 278 g/mol. The number of carbonyl (C=O) groups is 1. The van der Waals surface area contributed by atoms with Gasteiger partial charge in [0.1, 0.15) is 11.5 Å². The SMILES string of the molecule is C/C=C/CCCCC1=C(C)C(=O)N2CCC(=NO)[C@@H]2O1. The van der Waals surface area contributed by atoms with Gasteiger partial charge in [0.15, 0.2) is 0 Å². The first-order valence-electron chi connectivity index (χ1n) is 7.18. The summed E-state index contributed by atoms with van der Waals surface area (Å²) >= 11 is 0. The Hall–Kier alpha value is -1.78. The molecule has 0 unspecified atom stereocenters. The quantitative estimate of drug-likeness (QED) is 0.364. The zero-order valence-corrected chi connectivity index (χ0v) is 12.1. The lowest BCUT2D eigenvalue weighted by molar-refractivity contribution is -0.136. The maximum absolute atomic E-state index is 12.3. The number of amides is 1. The largest absolute Gasteiger partial charge is 0.469 e. The van der Waals surface area contributed by atoms with Gasteiger partial charge in [0.2, 0.25) is 6.23 Å². The summed E-state index contributed by atoms with van der Waals surface area (Å²) in [6.45, 7) is 4.39. The highest BCUT2D eigenvalue weighted by Crippen LogP contribution is 2.30. The molecule has 5 nitrogen and oxygen atoms in total. The number of hydrogen-bond acceptors (Lipinski definition) is 4. The Morgan fingerprint density at radius 1 is 1.50 bits per heavy atom. The molecule has 20 heavy (non-hydrogen) atoms. The van der Waals surface area contributed by atoms with Crippen LogP contribution in [0.5, 0.6) is 0 Å². The molecule has 2 aliphatic heterocycles. The lowest BCUT2D eigenvalue weighted by Crippen LogP contribution is -2.44. The van der Waals surface area contributed by atoms with E-state index in [0.717, 1.165) is 31.4 Å². The molecular formula is C15H22N2O3. The molecule has 1 atom stereocenters. The summed E-state index contributed by atoms with van der Waals surface area (Å²) in [7, 11) is 0. The Bertz CT molecular complexity index is 466. The second-order valence-electron chi connectivity index (χ2n) is 5.17. The van der Waals surface area contributed by atoms with Crippen LogP contribution in [0.25, 0.3) is 0 Å². The minimum absolute atomic E-state index is 0.00311. The molecule has 0 aromatic carbocycles. The maximum atomic E-state index is 12.3. The first-order chi connectivity index (χ1) is 9.69. The molecule has 0 bridgehead atoms. The van der Waals surface area contributed by atoms with Crippen LogP contribution in [0.4, 0.5) is 0 Å². The molecule has 2 rings (SSSR count). The topological polar surface area (TPSA) is 62.1 Å². The smallest absolute Gasteiger partial charge is 0.256 e. The second-order valence-corrected chi connectivity index (χ2v) is 5.17. The fourth-order valence-electron chi connectivity index (χ4n) is 2.61.